The molecule has 136 valence electrons. The highest BCUT2D eigenvalue weighted by Crippen LogP contribution is 2.27. The van der Waals surface area contributed by atoms with Crippen LogP contribution < -0.4 is 5.32 Å². The van der Waals surface area contributed by atoms with E-state index < -0.39 is 16.9 Å². The minimum absolute atomic E-state index is 0.0698. The van der Waals surface area contributed by atoms with Gasteiger partial charge in [-0.1, -0.05) is 66.2 Å². The predicted octanol–water partition coefficient (Wildman–Crippen LogP) is 5.08. The molecule has 6 heteroatoms. The van der Waals surface area contributed by atoms with Gasteiger partial charge in [-0.2, -0.15) is 0 Å². The summed E-state index contributed by atoms with van der Waals surface area (Å²) in [5.74, 6) is -0.471. The van der Waals surface area contributed by atoms with E-state index in [1.165, 1.54) is 18.2 Å². The maximum atomic E-state index is 12.9. The van der Waals surface area contributed by atoms with Crippen molar-refractivity contribution in [3.05, 3.63) is 110 Å². The molecular formula is C21H17ClN2O3. The van der Waals surface area contributed by atoms with Crippen molar-refractivity contribution in [2.24, 2.45) is 0 Å². The van der Waals surface area contributed by atoms with Crippen LogP contribution >= 0.6 is 11.6 Å². The zero-order valence-corrected chi connectivity index (χ0v) is 15.3. The third-order valence-electron chi connectivity index (χ3n) is 4.31. The molecular weight excluding hydrogens is 364 g/mol. The van der Waals surface area contributed by atoms with Gasteiger partial charge in [-0.3, -0.25) is 14.9 Å². The monoisotopic (exact) mass is 380 g/mol. The van der Waals surface area contributed by atoms with Gasteiger partial charge in [0.25, 0.3) is 11.6 Å². The van der Waals surface area contributed by atoms with Gasteiger partial charge in [0.05, 0.1) is 21.6 Å². The fraction of sp³-hybridized carbons (Fsp3) is 0.0952. The van der Waals surface area contributed by atoms with Crippen molar-refractivity contribution in [3.63, 3.8) is 0 Å². The fourth-order valence-corrected chi connectivity index (χ4v) is 3.11. The number of aryl methyl sites for hydroxylation is 1. The molecule has 3 aromatic carbocycles. The van der Waals surface area contributed by atoms with Crippen LogP contribution in [0, 0.1) is 17.0 Å². The highest BCUT2D eigenvalue weighted by molar-refractivity contribution is 6.34. The second kappa shape index (κ2) is 8.01. The van der Waals surface area contributed by atoms with Crippen LogP contribution in [-0.2, 0) is 0 Å². The summed E-state index contributed by atoms with van der Waals surface area (Å²) in [4.78, 5) is 23.4. The van der Waals surface area contributed by atoms with Gasteiger partial charge in [-0.15, -0.1) is 0 Å². The highest BCUT2D eigenvalue weighted by Gasteiger charge is 2.22. The second-order valence-corrected chi connectivity index (χ2v) is 6.50. The van der Waals surface area contributed by atoms with Crippen molar-refractivity contribution < 1.29 is 9.72 Å². The summed E-state index contributed by atoms with van der Waals surface area (Å²) in [6.45, 7) is 1.97. The zero-order chi connectivity index (χ0) is 19.4. The summed E-state index contributed by atoms with van der Waals surface area (Å²) in [6.07, 6.45) is 0. The molecule has 1 unspecified atom stereocenters. The second-order valence-electron chi connectivity index (χ2n) is 6.10. The van der Waals surface area contributed by atoms with Gasteiger partial charge >= 0.3 is 0 Å². The molecule has 0 aromatic heterocycles. The van der Waals surface area contributed by atoms with Gasteiger partial charge in [0.15, 0.2) is 0 Å². The number of nitro benzene ring substituents is 1. The van der Waals surface area contributed by atoms with Crippen molar-refractivity contribution in [2.45, 2.75) is 13.0 Å². The number of rotatable bonds is 5. The number of nitrogens with one attached hydrogen (secondary N) is 1. The lowest BCUT2D eigenvalue weighted by Gasteiger charge is -2.22. The van der Waals surface area contributed by atoms with E-state index in [-0.39, 0.29) is 16.3 Å². The Kier molecular flexibility index (Phi) is 5.52. The molecule has 0 aliphatic rings. The molecule has 1 N–H and O–H groups in total. The molecule has 3 rings (SSSR count). The molecule has 0 radical (unpaired) electrons. The van der Waals surface area contributed by atoms with Gasteiger partial charge in [-0.25, -0.2) is 0 Å². The molecule has 1 amide bonds. The van der Waals surface area contributed by atoms with Crippen LogP contribution in [0.25, 0.3) is 0 Å². The molecule has 1 atom stereocenters. The number of hydrogen-bond donors (Lipinski definition) is 1. The molecule has 0 aliphatic heterocycles. The normalized spacial score (nSPS) is 11.6. The lowest BCUT2D eigenvalue weighted by atomic mass is 9.94. The number of benzene rings is 3. The van der Waals surface area contributed by atoms with Crippen LogP contribution in [0.4, 0.5) is 5.69 Å². The quantitative estimate of drug-likeness (QED) is 0.495. The van der Waals surface area contributed by atoms with Gasteiger partial charge in [0.1, 0.15) is 0 Å². The predicted molar refractivity (Wildman–Crippen MR) is 105 cm³/mol. The first kappa shape index (κ1) is 18.6. The molecule has 27 heavy (non-hydrogen) atoms. The first-order valence-corrected chi connectivity index (χ1v) is 8.70. The van der Waals surface area contributed by atoms with E-state index in [2.05, 4.69) is 5.32 Å². The molecule has 0 saturated carbocycles. The summed E-state index contributed by atoms with van der Waals surface area (Å²) in [6, 6.07) is 20.7. The van der Waals surface area contributed by atoms with Crippen molar-refractivity contribution >= 4 is 23.2 Å². The molecule has 3 aromatic rings. The van der Waals surface area contributed by atoms with Gasteiger partial charge in [0, 0.05) is 12.1 Å². The third kappa shape index (κ3) is 4.15. The molecule has 0 aliphatic carbocycles. The Bertz CT molecular complexity index is 990. The Balaban J connectivity index is 2.00. The molecule has 0 spiro atoms. The Morgan fingerprint density at radius 3 is 2.37 bits per heavy atom. The minimum atomic E-state index is -0.552. The standard InChI is InChI=1S/C21H17ClN2O3/c1-14-7-5-6-10-17(14)20(15-8-3-2-4-9-15)23-21(25)18-13-16(24(26)27)11-12-19(18)22/h2-13,20H,1H3,(H,23,25). The van der Waals surface area contributed by atoms with E-state index in [1.54, 1.807) is 0 Å². The third-order valence-corrected chi connectivity index (χ3v) is 4.64. The number of nitro groups is 1. The molecule has 0 bridgehead atoms. The van der Waals surface area contributed by atoms with E-state index in [0.717, 1.165) is 16.7 Å². The van der Waals surface area contributed by atoms with Crippen LogP contribution in [-0.4, -0.2) is 10.8 Å². The van der Waals surface area contributed by atoms with Crippen LogP contribution in [0.2, 0.25) is 5.02 Å². The number of halogens is 1. The Morgan fingerprint density at radius 1 is 1.04 bits per heavy atom. The van der Waals surface area contributed by atoms with Crippen molar-refractivity contribution in [1.29, 1.82) is 0 Å². The number of hydrogen-bond acceptors (Lipinski definition) is 3. The fourth-order valence-electron chi connectivity index (χ4n) is 2.91. The van der Waals surface area contributed by atoms with Gasteiger partial charge in [-0.05, 0) is 29.7 Å². The smallest absolute Gasteiger partial charge is 0.270 e. The van der Waals surface area contributed by atoms with E-state index >= 15 is 0 Å². The molecule has 5 nitrogen and oxygen atoms in total. The number of carbonyl (C=O) groups excluding carboxylic acids is 1. The van der Waals surface area contributed by atoms with Gasteiger partial charge in [0.2, 0.25) is 0 Å². The highest BCUT2D eigenvalue weighted by atomic mass is 35.5. The van der Waals surface area contributed by atoms with Crippen LogP contribution in [0.15, 0.2) is 72.8 Å². The van der Waals surface area contributed by atoms with Crippen molar-refractivity contribution in [3.8, 4) is 0 Å². The number of amides is 1. The van der Waals surface area contributed by atoms with E-state index in [0.29, 0.717) is 0 Å². The average molecular weight is 381 g/mol. The average Bonchev–Trinajstić information content (AvgIpc) is 2.67. The number of carbonyl (C=O) groups is 1. The SMILES string of the molecule is Cc1ccccc1C(NC(=O)c1cc([N+](=O)[O-])ccc1Cl)c1ccccc1. The number of non-ortho nitro benzene ring substituents is 1. The van der Waals surface area contributed by atoms with E-state index in [9.17, 15) is 14.9 Å². The van der Waals surface area contributed by atoms with Crippen molar-refractivity contribution in [1.82, 2.24) is 5.32 Å². The van der Waals surface area contributed by atoms with Crippen molar-refractivity contribution in [2.75, 3.05) is 0 Å². The summed E-state index contributed by atoms with van der Waals surface area (Å²) >= 11 is 6.12. The largest absolute Gasteiger partial charge is 0.341 e. The molecule has 0 fully saturated rings. The summed E-state index contributed by atoms with van der Waals surface area (Å²) in [5, 5.41) is 14.2. The maximum absolute atomic E-state index is 12.9. The first-order chi connectivity index (χ1) is 13.0. The zero-order valence-electron chi connectivity index (χ0n) is 14.6. The Labute approximate surface area is 161 Å². The first-order valence-electron chi connectivity index (χ1n) is 8.32. The van der Waals surface area contributed by atoms with Gasteiger partial charge < -0.3 is 5.32 Å². The maximum Gasteiger partial charge on any atom is 0.270 e. The summed E-state index contributed by atoms with van der Waals surface area (Å²) in [7, 11) is 0. The van der Waals surface area contributed by atoms with Crippen LogP contribution in [0.1, 0.15) is 33.1 Å². The Morgan fingerprint density at radius 2 is 1.70 bits per heavy atom. The van der Waals surface area contributed by atoms with Crippen LogP contribution in [0.3, 0.4) is 0 Å². The summed E-state index contributed by atoms with van der Waals surface area (Å²) in [5.41, 5.74) is 2.76. The van der Waals surface area contributed by atoms with Crippen LogP contribution in [0.5, 0.6) is 0 Å². The summed E-state index contributed by atoms with van der Waals surface area (Å²) < 4.78 is 0. The van der Waals surface area contributed by atoms with E-state index in [1.807, 2.05) is 61.5 Å². The van der Waals surface area contributed by atoms with E-state index in [4.69, 9.17) is 11.6 Å². The Hall–Kier alpha value is -3.18. The number of nitrogens with zero attached hydrogens (tertiary/aromatic N) is 1. The lowest BCUT2D eigenvalue weighted by molar-refractivity contribution is -0.384. The molecule has 0 saturated heterocycles. The molecule has 0 heterocycles. The minimum Gasteiger partial charge on any atom is -0.341 e. The lowest BCUT2D eigenvalue weighted by Crippen LogP contribution is -2.30. The topological polar surface area (TPSA) is 72.2 Å².